The van der Waals surface area contributed by atoms with Crippen molar-refractivity contribution in [2.75, 3.05) is 13.6 Å². The first-order chi connectivity index (χ1) is 8.66. The average Bonchev–Trinajstić information content (AvgIpc) is 2.76. The van der Waals surface area contributed by atoms with Gasteiger partial charge in [0, 0.05) is 13.2 Å². The maximum Gasteiger partial charge on any atom is 0.323 e. The summed E-state index contributed by atoms with van der Waals surface area (Å²) in [6.07, 6.45) is 3.56. The molecule has 0 aliphatic rings. The lowest BCUT2D eigenvalue weighted by Gasteiger charge is -2.28. The fourth-order valence-electron chi connectivity index (χ4n) is 1.78. The smallest absolute Gasteiger partial charge is 0.323 e. The molecule has 19 heavy (non-hydrogen) atoms. The molecular formula is C13H21N3O3. The summed E-state index contributed by atoms with van der Waals surface area (Å²) in [6, 6.07) is 0. The summed E-state index contributed by atoms with van der Waals surface area (Å²) in [5, 5.41) is 12.9. The van der Waals surface area contributed by atoms with E-state index in [2.05, 4.69) is 5.10 Å². The Hall–Kier alpha value is -1.85. The molecule has 0 saturated carbocycles. The highest BCUT2D eigenvalue weighted by Gasteiger charge is 2.34. The van der Waals surface area contributed by atoms with Gasteiger partial charge in [-0.25, -0.2) is 0 Å². The summed E-state index contributed by atoms with van der Waals surface area (Å²) < 4.78 is 1.59. The number of aliphatic carboxylic acids is 1. The Morgan fingerprint density at radius 3 is 2.47 bits per heavy atom. The lowest BCUT2D eigenvalue weighted by molar-refractivity contribution is -0.147. The number of carboxylic acids is 1. The highest BCUT2D eigenvalue weighted by Crippen LogP contribution is 2.21. The van der Waals surface area contributed by atoms with E-state index in [1.807, 2.05) is 20.0 Å². The summed E-state index contributed by atoms with van der Waals surface area (Å²) >= 11 is 0. The fraction of sp³-hybridized carbons (Fsp3) is 0.615. The SMILES string of the molecule is CC(C)c1cnn(C(C)(C)C(=O)N(C)CC(=O)O)c1. The van der Waals surface area contributed by atoms with Gasteiger partial charge in [-0.1, -0.05) is 13.8 Å². The molecular weight excluding hydrogens is 246 g/mol. The Labute approximate surface area is 113 Å². The maximum absolute atomic E-state index is 12.3. The molecule has 1 heterocycles. The van der Waals surface area contributed by atoms with Crippen molar-refractivity contribution >= 4 is 11.9 Å². The van der Waals surface area contributed by atoms with Crippen molar-refractivity contribution in [2.45, 2.75) is 39.2 Å². The first kappa shape index (κ1) is 15.2. The third-order valence-corrected chi connectivity index (χ3v) is 3.08. The van der Waals surface area contributed by atoms with Gasteiger partial charge in [0.15, 0.2) is 0 Å². The van der Waals surface area contributed by atoms with Crippen LogP contribution in [0, 0.1) is 0 Å². The number of likely N-dealkylation sites (N-methyl/N-ethyl adjacent to an activating group) is 1. The van der Waals surface area contributed by atoms with Crippen molar-refractivity contribution in [2.24, 2.45) is 0 Å². The molecule has 0 fully saturated rings. The fourth-order valence-corrected chi connectivity index (χ4v) is 1.78. The first-order valence-electron chi connectivity index (χ1n) is 6.18. The number of nitrogens with zero attached hydrogens (tertiary/aromatic N) is 3. The van der Waals surface area contributed by atoms with E-state index in [1.54, 1.807) is 24.7 Å². The zero-order valence-electron chi connectivity index (χ0n) is 12.0. The summed E-state index contributed by atoms with van der Waals surface area (Å²) in [7, 11) is 1.48. The van der Waals surface area contributed by atoms with Crippen LogP contribution in [0.2, 0.25) is 0 Å². The molecule has 0 aliphatic carbocycles. The number of carbonyl (C=O) groups is 2. The van der Waals surface area contributed by atoms with Gasteiger partial charge in [0.05, 0.1) is 6.20 Å². The van der Waals surface area contributed by atoms with Gasteiger partial charge < -0.3 is 10.0 Å². The normalized spacial score (nSPS) is 11.7. The molecule has 6 nitrogen and oxygen atoms in total. The van der Waals surface area contributed by atoms with Crippen LogP contribution in [0.5, 0.6) is 0 Å². The molecule has 0 aromatic carbocycles. The van der Waals surface area contributed by atoms with Crippen LogP contribution in [-0.2, 0) is 15.1 Å². The second kappa shape index (κ2) is 5.42. The summed E-state index contributed by atoms with van der Waals surface area (Å²) in [4.78, 5) is 24.1. The third kappa shape index (κ3) is 3.33. The van der Waals surface area contributed by atoms with Crippen LogP contribution in [0.3, 0.4) is 0 Å². The van der Waals surface area contributed by atoms with Crippen LogP contribution in [0.25, 0.3) is 0 Å². The minimum absolute atomic E-state index is 0.284. The minimum Gasteiger partial charge on any atom is -0.480 e. The van der Waals surface area contributed by atoms with E-state index < -0.39 is 11.5 Å². The quantitative estimate of drug-likeness (QED) is 0.872. The van der Waals surface area contributed by atoms with Crippen molar-refractivity contribution in [1.82, 2.24) is 14.7 Å². The minimum atomic E-state index is -1.03. The topological polar surface area (TPSA) is 75.4 Å². The second-order valence-electron chi connectivity index (χ2n) is 5.49. The standard InChI is InChI=1S/C13H21N3O3/c1-9(2)10-6-14-16(7-10)13(3,4)12(19)15(5)8-11(17)18/h6-7,9H,8H2,1-5H3,(H,17,18). The van der Waals surface area contributed by atoms with Gasteiger partial charge >= 0.3 is 5.97 Å². The number of carboxylic acid groups (broad SMARTS) is 1. The van der Waals surface area contributed by atoms with Crippen LogP contribution >= 0.6 is 0 Å². The van der Waals surface area contributed by atoms with Gasteiger partial charge in [0.1, 0.15) is 12.1 Å². The Morgan fingerprint density at radius 2 is 2.05 bits per heavy atom. The second-order valence-corrected chi connectivity index (χ2v) is 5.49. The van der Waals surface area contributed by atoms with Crippen LogP contribution in [0.4, 0.5) is 0 Å². The van der Waals surface area contributed by atoms with Gasteiger partial charge in [0.25, 0.3) is 0 Å². The van der Waals surface area contributed by atoms with E-state index >= 15 is 0 Å². The van der Waals surface area contributed by atoms with E-state index in [0.717, 1.165) is 5.56 Å². The van der Waals surface area contributed by atoms with E-state index in [1.165, 1.54) is 11.9 Å². The van der Waals surface area contributed by atoms with Crippen molar-refractivity contribution in [1.29, 1.82) is 0 Å². The molecule has 0 unspecified atom stereocenters. The molecule has 0 aliphatic heterocycles. The molecule has 0 spiro atoms. The Bertz CT molecular complexity index is 477. The molecule has 106 valence electrons. The van der Waals surface area contributed by atoms with Gasteiger partial charge in [0.2, 0.25) is 5.91 Å². The first-order valence-corrected chi connectivity index (χ1v) is 6.18. The zero-order chi connectivity index (χ0) is 14.8. The number of carbonyl (C=O) groups excluding carboxylic acids is 1. The Balaban J connectivity index is 2.95. The molecule has 1 amide bonds. The summed E-state index contributed by atoms with van der Waals surface area (Å²) in [5.41, 5.74) is 0.138. The Morgan fingerprint density at radius 1 is 1.47 bits per heavy atom. The van der Waals surface area contributed by atoms with Gasteiger partial charge in [-0.2, -0.15) is 5.10 Å². The van der Waals surface area contributed by atoms with Crippen LogP contribution in [-0.4, -0.2) is 45.3 Å². The van der Waals surface area contributed by atoms with E-state index in [-0.39, 0.29) is 12.5 Å². The van der Waals surface area contributed by atoms with E-state index in [4.69, 9.17) is 5.11 Å². The van der Waals surface area contributed by atoms with E-state index in [9.17, 15) is 9.59 Å². The molecule has 0 radical (unpaired) electrons. The predicted octanol–water partition coefficient (Wildman–Crippen LogP) is 1.28. The largest absolute Gasteiger partial charge is 0.480 e. The lowest BCUT2D eigenvalue weighted by Crippen LogP contribution is -2.47. The van der Waals surface area contributed by atoms with Crippen LogP contribution in [0.1, 0.15) is 39.2 Å². The summed E-state index contributed by atoms with van der Waals surface area (Å²) in [6.45, 7) is 7.23. The Kier molecular flexibility index (Phi) is 4.34. The highest BCUT2D eigenvalue weighted by molar-refractivity contribution is 5.86. The van der Waals surface area contributed by atoms with Crippen molar-refractivity contribution in [3.05, 3.63) is 18.0 Å². The monoisotopic (exact) mass is 267 g/mol. The zero-order valence-corrected chi connectivity index (χ0v) is 12.0. The van der Waals surface area contributed by atoms with Crippen molar-refractivity contribution < 1.29 is 14.7 Å². The molecule has 1 N–H and O–H groups in total. The molecule has 1 aromatic heterocycles. The number of rotatable bonds is 5. The van der Waals surface area contributed by atoms with Crippen molar-refractivity contribution in [3.63, 3.8) is 0 Å². The van der Waals surface area contributed by atoms with Crippen molar-refractivity contribution in [3.8, 4) is 0 Å². The van der Waals surface area contributed by atoms with Crippen LogP contribution in [0.15, 0.2) is 12.4 Å². The third-order valence-electron chi connectivity index (χ3n) is 3.08. The highest BCUT2D eigenvalue weighted by atomic mass is 16.4. The molecule has 0 atom stereocenters. The molecule has 0 bridgehead atoms. The average molecular weight is 267 g/mol. The summed E-state index contributed by atoms with van der Waals surface area (Å²) in [5.74, 6) is -0.986. The molecule has 0 saturated heterocycles. The maximum atomic E-state index is 12.3. The number of amides is 1. The molecule has 6 heteroatoms. The van der Waals surface area contributed by atoms with Crippen LogP contribution < -0.4 is 0 Å². The van der Waals surface area contributed by atoms with Gasteiger partial charge in [-0.05, 0) is 25.3 Å². The lowest BCUT2D eigenvalue weighted by atomic mass is 10.0. The molecule has 1 aromatic rings. The number of hydrogen-bond donors (Lipinski definition) is 1. The predicted molar refractivity (Wildman–Crippen MR) is 70.9 cm³/mol. The number of aromatic nitrogens is 2. The van der Waals surface area contributed by atoms with Gasteiger partial charge in [-0.3, -0.25) is 14.3 Å². The molecule has 1 rings (SSSR count). The van der Waals surface area contributed by atoms with E-state index in [0.29, 0.717) is 5.92 Å². The van der Waals surface area contributed by atoms with Gasteiger partial charge in [-0.15, -0.1) is 0 Å². The number of hydrogen-bond acceptors (Lipinski definition) is 3.